The summed E-state index contributed by atoms with van der Waals surface area (Å²) in [6.07, 6.45) is 13.3. The largest absolute Gasteiger partial charge is 0.378 e. The van der Waals surface area contributed by atoms with Gasteiger partial charge >= 0.3 is 0 Å². The summed E-state index contributed by atoms with van der Waals surface area (Å²) in [6.45, 7) is 5.52. The van der Waals surface area contributed by atoms with Crippen LogP contribution in [-0.2, 0) is 4.74 Å². The van der Waals surface area contributed by atoms with Gasteiger partial charge in [0.05, 0.1) is 6.10 Å². The van der Waals surface area contributed by atoms with Gasteiger partial charge in [-0.1, -0.05) is 33.1 Å². The third kappa shape index (κ3) is 3.71. The third-order valence-electron chi connectivity index (χ3n) is 4.93. The summed E-state index contributed by atoms with van der Waals surface area (Å²) in [7, 11) is 0. The lowest BCUT2D eigenvalue weighted by atomic mass is 9.66. The highest BCUT2D eigenvalue weighted by molar-refractivity contribution is 4.86. The molecule has 2 aliphatic rings. The molecule has 0 aromatic carbocycles. The summed E-state index contributed by atoms with van der Waals surface area (Å²) < 4.78 is 5.96. The highest BCUT2D eigenvalue weighted by Crippen LogP contribution is 2.44. The van der Waals surface area contributed by atoms with Gasteiger partial charge in [0, 0.05) is 6.61 Å². The van der Waals surface area contributed by atoms with Crippen LogP contribution in [0.3, 0.4) is 0 Å². The molecule has 1 heteroatoms. The summed E-state index contributed by atoms with van der Waals surface area (Å²) >= 11 is 0. The second-order valence-electron chi connectivity index (χ2n) is 6.29. The molecule has 2 unspecified atom stereocenters. The van der Waals surface area contributed by atoms with E-state index in [0.717, 1.165) is 24.4 Å². The molecule has 2 aliphatic carbocycles. The smallest absolute Gasteiger partial charge is 0.0578 e. The van der Waals surface area contributed by atoms with Gasteiger partial charge < -0.3 is 4.74 Å². The van der Waals surface area contributed by atoms with Crippen molar-refractivity contribution in [2.75, 3.05) is 6.61 Å². The van der Waals surface area contributed by atoms with Crippen LogP contribution in [0.15, 0.2) is 0 Å². The monoisotopic (exact) mass is 238 g/mol. The van der Waals surface area contributed by atoms with Gasteiger partial charge in [-0.2, -0.15) is 0 Å². The molecule has 0 aromatic heterocycles. The number of ether oxygens (including phenoxy) is 1. The fraction of sp³-hybridized carbons (Fsp3) is 1.00. The Hall–Kier alpha value is -0.0400. The lowest BCUT2D eigenvalue weighted by molar-refractivity contribution is -0.0194. The van der Waals surface area contributed by atoms with Gasteiger partial charge in [0.1, 0.15) is 0 Å². The summed E-state index contributed by atoms with van der Waals surface area (Å²) in [5, 5.41) is 0. The van der Waals surface area contributed by atoms with Crippen molar-refractivity contribution in [2.45, 2.75) is 77.7 Å². The fourth-order valence-corrected chi connectivity index (χ4v) is 4.05. The van der Waals surface area contributed by atoms with Crippen LogP contribution in [0.25, 0.3) is 0 Å². The van der Waals surface area contributed by atoms with Gasteiger partial charge in [-0.15, -0.1) is 0 Å². The Bertz CT molecular complexity index is 214. The van der Waals surface area contributed by atoms with Crippen LogP contribution >= 0.6 is 0 Å². The molecule has 2 rings (SSSR count). The summed E-state index contributed by atoms with van der Waals surface area (Å²) in [5.41, 5.74) is 0. The first kappa shape index (κ1) is 13.4. The standard InChI is InChI=1S/C16H30O/c1-3-5-13-6-7-15-12-16(17-10-4-2)9-8-14(15)11-13/h13-16H,3-12H2,1-2H3/t13?,14-,15?,16-/m1/s1. The molecular formula is C16H30O. The van der Waals surface area contributed by atoms with Crippen molar-refractivity contribution in [2.24, 2.45) is 17.8 Å². The van der Waals surface area contributed by atoms with Crippen LogP contribution in [0.5, 0.6) is 0 Å². The van der Waals surface area contributed by atoms with Crippen LogP contribution < -0.4 is 0 Å². The second kappa shape index (κ2) is 6.78. The van der Waals surface area contributed by atoms with E-state index in [9.17, 15) is 0 Å². The lowest BCUT2D eigenvalue weighted by Crippen LogP contribution is -2.34. The topological polar surface area (TPSA) is 9.23 Å². The quantitative estimate of drug-likeness (QED) is 0.668. The SMILES string of the molecule is CCCO[C@@H]1CC[C@@H]2CC(CCC)CCC2C1. The summed E-state index contributed by atoms with van der Waals surface area (Å²) in [4.78, 5) is 0. The van der Waals surface area contributed by atoms with E-state index >= 15 is 0 Å². The molecule has 0 N–H and O–H groups in total. The molecule has 0 heterocycles. The molecule has 0 amide bonds. The Morgan fingerprint density at radius 2 is 1.65 bits per heavy atom. The van der Waals surface area contributed by atoms with Crippen molar-refractivity contribution in [3.05, 3.63) is 0 Å². The van der Waals surface area contributed by atoms with Gasteiger partial charge in [-0.25, -0.2) is 0 Å². The molecule has 0 aromatic rings. The Morgan fingerprint density at radius 3 is 2.41 bits per heavy atom. The molecule has 4 atom stereocenters. The van der Waals surface area contributed by atoms with Crippen LogP contribution in [0.2, 0.25) is 0 Å². The normalized spacial score (nSPS) is 37.8. The van der Waals surface area contributed by atoms with Gasteiger partial charge in [0.25, 0.3) is 0 Å². The molecule has 0 spiro atoms. The van der Waals surface area contributed by atoms with Crippen molar-refractivity contribution in [1.82, 2.24) is 0 Å². The summed E-state index contributed by atoms with van der Waals surface area (Å²) in [5.74, 6) is 3.09. The van der Waals surface area contributed by atoms with Crippen molar-refractivity contribution >= 4 is 0 Å². The van der Waals surface area contributed by atoms with E-state index in [1.807, 2.05) is 0 Å². The van der Waals surface area contributed by atoms with Gasteiger partial charge in [0.15, 0.2) is 0 Å². The van der Waals surface area contributed by atoms with Gasteiger partial charge in [0.2, 0.25) is 0 Å². The first-order chi connectivity index (χ1) is 8.33. The first-order valence-electron chi connectivity index (χ1n) is 7.95. The zero-order valence-electron chi connectivity index (χ0n) is 11.8. The number of fused-ring (bicyclic) bond motifs is 1. The maximum absolute atomic E-state index is 5.96. The van der Waals surface area contributed by atoms with E-state index in [2.05, 4.69) is 13.8 Å². The minimum Gasteiger partial charge on any atom is -0.378 e. The van der Waals surface area contributed by atoms with Gasteiger partial charge in [-0.3, -0.25) is 0 Å². The van der Waals surface area contributed by atoms with Crippen LogP contribution in [-0.4, -0.2) is 12.7 Å². The molecule has 0 saturated heterocycles. The number of hydrogen-bond donors (Lipinski definition) is 0. The van der Waals surface area contributed by atoms with Crippen molar-refractivity contribution < 1.29 is 4.74 Å². The fourth-order valence-electron chi connectivity index (χ4n) is 4.05. The molecule has 2 saturated carbocycles. The molecular weight excluding hydrogens is 208 g/mol. The summed E-state index contributed by atoms with van der Waals surface area (Å²) in [6, 6.07) is 0. The maximum atomic E-state index is 5.96. The maximum Gasteiger partial charge on any atom is 0.0578 e. The average Bonchev–Trinajstić information content (AvgIpc) is 2.36. The minimum atomic E-state index is 0.596. The predicted octanol–water partition coefficient (Wildman–Crippen LogP) is 4.80. The van der Waals surface area contributed by atoms with Crippen LogP contribution in [0.4, 0.5) is 0 Å². The zero-order chi connectivity index (χ0) is 12.1. The van der Waals surface area contributed by atoms with Crippen molar-refractivity contribution in [3.63, 3.8) is 0 Å². The third-order valence-corrected chi connectivity index (χ3v) is 4.93. The molecule has 2 fully saturated rings. The molecule has 1 nitrogen and oxygen atoms in total. The Morgan fingerprint density at radius 1 is 0.882 bits per heavy atom. The van der Waals surface area contributed by atoms with E-state index < -0.39 is 0 Å². The van der Waals surface area contributed by atoms with E-state index in [4.69, 9.17) is 4.74 Å². The highest BCUT2D eigenvalue weighted by atomic mass is 16.5. The Balaban J connectivity index is 1.76. The van der Waals surface area contributed by atoms with Crippen molar-refractivity contribution in [1.29, 1.82) is 0 Å². The Kier molecular flexibility index (Phi) is 5.34. The molecule has 0 bridgehead atoms. The van der Waals surface area contributed by atoms with Crippen LogP contribution in [0.1, 0.15) is 71.6 Å². The van der Waals surface area contributed by atoms with E-state index in [-0.39, 0.29) is 0 Å². The number of hydrogen-bond acceptors (Lipinski definition) is 1. The molecule has 100 valence electrons. The average molecular weight is 238 g/mol. The highest BCUT2D eigenvalue weighted by Gasteiger charge is 2.35. The molecule has 0 radical (unpaired) electrons. The van der Waals surface area contributed by atoms with Crippen LogP contribution in [0, 0.1) is 17.8 Å². The first-order valence-corrected chi connectivity index (χ1v) is 7.95. The Labute approximate surface area is 107 Å². The van der Waals surface area contributed by atoms with E-state index in [0.29, 0.717) is 6.10 Å². The van der Waals surface area contributed by atoms with Gasteiger partial charge in [-0.05, 0) is 56.3 Å². The van der Waals surface area contributed by atoms with E-state index in [1.54, 1.807) is 0 Å². The zero-order valence-corrected chi connectivity index (χ0v) is 11.8. The van der Waals surface area contributed by atoms with Crippen molar-refractivity contribution in [3.8, 4) is 0 Å². The lowest BCUT2D eigenvalue weighted by Gasteiger charge is -2.42. The molecule has 17 heavy (non-hydrogen) atoms. The van der Waals surface area contributed by atoms with E-state index in [1.165, 1.54) is 57.8 Å². The predicted molar refractivity (Wildman–Crippen MR) is 73.1 cm³/mol. The minimum absolute atomic E-state index is 0.596. The second-order valence-corrected chi connectivity index (χ2v) is 6.29. The molecule has 0 aliphatic heterocycles. The number of rotatable bonds is 5.